The van der Waals surface area contributed by atoms with Gasteiger partial charge in [-0.15, -0.1) is 11.3 Å². The summed E-state index contributed by atoms with van der Waals surface area (Å²) in [6.07, 6.45) is 6.04. The molecule has 0 bridgehead atoms. The number of rotatable bonds is 3. The molecule has 6 heteroatoms. The Morgan fingerprint density at radius 2 is 1.87 bits per heavy atom. The van der Waals surface area contributed by atoms with Gasteiger partial charge in [-0.25, -0.2) is 0 Å². The van der Waals surface area contributed by atoms with Crippen LogP contribution in [-0.2, 0) is 13.1 Å². The number of thiazole rings is 1. The van der Waals surface area contributed by atoms with Crippen LogP contribution >= 0.6 is 11.3 Å². The van der Waals surface area contributed by atoms with E-state index >= 15 is 0 Å². The molecule has 5 rings (SSSR count). The van der Waals surface area contributed by atoms with E-state index in [1.54, 1.807) is 0 Å². The lowest BCUT2D eigenvalue weighted by molar-refractivity contribution is -0.674. The summed E-state index contributed by atoms with van der Waals surface area (Å²) in [5.74, 6) is 0.753. The van der Waals surface area contributed by atoms with E-state index in [1.165, 1.54) is 11.3 Å². The highest BCUT2D eigenvalue weighted by atomic mass is 32.1. The second kappa shape index (κ2) is 7.71. The van der Waals surface area contributed by atoms with Gasteiger partial charge in [0, 0.05) is 42.7 Å². The predicted molar refractivity (Wildman–Crippen MR) is 126 cm³/mol. The molecule has 2 aromatic carbocycles. The van der Waals surface area contributed by atoms with Crippen molar-refractivity contribution in [2.45, 2.75) is 26.9 Å². The second-order valence-corrected chi connectivity index (χ2v) is 8.50. The summed E-state index contributed by atoms with van der Waals surface area (Å²) in [5, 5.41) is 0. The molecule has 0 amide bonds. The van der Waals surface area contributed by atoms with Crippen molar-refractivity contribution in [2.75, 3.05) is 11.9 Å². The minimum Gasteiger partial charge on any atom is -0.398 e. The van der Waals surface area contributed by atoms with Crippen molar-refractivity contribution < 1.29 is 8.98 Å². The number of allylic oxidation sites excluding steroid dienone is 1. The van der Waals surface area contributed by atoms with E-state index in [4.69, 9.17) is 4.42 Å². The molecule has 0 N–H and O–H groups in total. The molecule has 0 aliphatic carbocycles. The zero-order valence-corrected chi connectivity index (χ0v) is 18.6. The molecule has 0 atom stereocenters. The number of hydrogen-bond donors (Lipinski definition) is 0. The fraction of sp³-hybridized carbons (Fsp3) is 0.200. The first-order valence-electron chi connectivity index (χ1n) is 10.5. The van der Waals surface area contributed by atoms with Crippen molar-refractivity contribution >= 4 is 39.8 Å². The summed E-state index contributed by atoms with van der Waals surface area (Å²) < 4.78 is 11.7. The maximum absolute atomic E-state index is 13.4. The van der Waals surface area contributed by atoms with E-state index in [2.05, 4.69) is 34.6 Å². The summed E-state index contributed by atoms with van der Waals surface area (Å²) in [5.41, 5.74) is 5.09. The molecule has 0 saturated carbocycles. The quantitative estimate of drug-likeness (QED) is 0.470. The van der Waals surface area contributed by atoms with Crippen LogP contribution in [0.2, 0.25) is 0 Å². The average molecular weight is 431 g/mol. The zero-order valence-electron chi connectivity index (χ0n) is 17.8. The summed E-state index contributed by atoms with van der Waals surface area (Å²) in [6.45, 7) is 5.50. The molecule has 1 aliphatic heterocycles. The maximum atomic E-state index is 13.4. The van der Waals surface area contributed by atoms with Gasteiger partial charge in [0.05, 0.1) is 6.08 Å². The number of benzene rings is 2. The number of para-hydroxylation sites is 3. The van der Waals surface area contributed by atoms with Gasteiger partial charge < -0.3 is 9.32 Å². The van der Waals surface area contributed by atoms with Gasteiger partial charge in [0.15, 0.2) is 0 Å². The molecule has 3 heterocycles. The first kappa shape index (κ1) is 19.6. The van der Waals surface area contributed by atoms with Crippen molar-refractivity contribution in [3.05, 3.63) is 91.8 Å². The number of aryl methyl sites for hydroxylation is 1. The van der Waals surface area contributed by atoms with Gasteiger partial charge in [0.2, 0.25) is 5.58 Å². The Kier molecular flexibility index (Phi) is 4.87. The van der Waals surface area contributed by atoms with Crippen molar-refractivity contribution in [1.29, 1.82) is 0 Å². The largest absolute Gasteiger partial charge is 0.398 e. The van der Waals surface area contributed by atoms with Gasteiger partial charge in [-0.05, 0) is 32.1 Å². The zero-order chi connectivity index (χ0) is 21.5. The molecule has 0 spiro atoms. The van der Waals surface area contributed by atoms with E-state index in [9.17, 15) is 4.79 Å². The molecule has 4 aromatic rings. The first-order chi connectivity index (χ1) is 15.1. The lowest BCUT2D eigenvalue weighted by Crippen LogP contribution is -2.35. The van der Waals surface area contributed by atoms with Crippen LogP contribution in [0.5, 0.6) is 0 Å². The van der Waals surface area contributed by atoms with Crippen LogP contribution in [0, 0.1) is 0 Å². The smallest absolute Gasteiger partial charge is 0.377 e. The van der Waals surface area contributed by atoms with Gasteiger partial charge >= 0.3 is 5.89 Å². The van der Waals surface area contributed by atoms with E-state index in [1.807, 2.05) is 67.2 Å². The third-order valence-corrected chi connectivity index (χ3v) is 6.86. The van der Waals surface area contributed by atoms with Crippen molar-refractivity contribution in [3.63, 3.8) is 0 Å². The fourth-order valence-electron chi connectivity index (χ4n) is 4.16. The highest BCUT2D eigenvalue weighted by Gasteiger charge is 2.20. The van der Waals surface area contributed by atoms with Gasteiger partial charge in [-0.2, -0.15) is 4.57 Å². The first-order valence-corrected chi connectivity index (χ1v) is 11.3. The molecule has 0 saturated heterocycles. The van der Waals surface area contributed by atoms with Gasteiger partial charge in [0.25, 0.3) is 11.1 Å². The number of fused-ring (bicyclic) bond motifs is 2. The molecular weight excluding hydrogens is 406 g/mol. The third-order valence-electron chi connectivity index (χ3n) is 5.71. The van der Waals surface area contributed by atoms with Crippen molar-refractivity contribution in [2.24, 2.45) is 0 Å². The van der Waals surface area contributed by atoms with E-state index in [0.29, 0.717) is 6.54 Å². The SMILES string of the molecule is CCn1c(=Cc2oc3ccccc3[n+]2CC)sc(=C2C=CN(C)c3ccccc32)c1=O. The van der Waals surface area contributed by atoms with Gasteiger partial charge in [-0.3, -0.25) is 9.36 Å². The van der Waals surface area contributed by atoms with Crippen LogP contribution in [-0.4, -0.2) is 11.6 Å². The number of nitrogens with zero attached hydrogens (tertiary/aromatic N) is 3. The Morgan fingerprint density at radius 3 is 2.68 bits per heavy atom. The van der Waals surface area contributed by atoms with Crippen molar-refractivity contribution in [3.8, 4) is 0 Å². The van der Waals surface area contributed by atoms with Crippen LogP contribution in [0.25, 0.3) is 22.7 Å². The van der Waals surface area contributed by atoms with Crippen LogP contribution in [0.15, 0.2) is 70.0 Å². The van der Waals surface area contributed by atoms with Gasteiger partial charge in [-0.1, -0.05) is 30.3 Å². The van der Waals surface area contributed by atoms with Gasteiger partial charge in [0.1, 0.15) is 15.7 Å². The summed E-state index contributed by atoms with van der Waals surface area (Å²) >= 11 is 1.52. The van der Waals surface area contributed by atoms with Crippen molar-refractivity contribution in [1.82, 2.24) is 4.57 Å². The molecule has 0 fully saturated rings. The highest BCUT2D eigenvalue weighted by Crippen LogP contribution is 2.29. The molecule has 1 aliphatic rings. The van der Waals surface area contributed by atoms with E-state index < -0.39 is 0 Å². The minimum atomic E-state index is 0.0388. The Hall–Kier alpha value is -3.38. The van der Waals surface area contributed by atoms with E-state index in [0.717, 1.165) is 49.6 Å². The number of aromatic nitrogens is 2. The average Bonchev–Trinajstić information content (AvgIpc) is 3.30. The molecule has 0 radical (unpaired) electrons. The Bertz CT molecular complexity index is 1500. The minimum absolute atomic E-state index is 0.0388. The molecule has 5 nitrogen and oxygen atoms in total. The number of hydrogen-bond acceptors (Lipinski definition) is 4. The second-order valence-electron chi connectivity index (χ2n) is 7.47. The van der Waals surface area contributed by atoms with Crippen LogP contribution in [0.3, 0.4) is 0 Å². The molecule has 156 valence electrons. The van der Waals surface area contributed by atoms with E-state index in [-0.39, 0.29) is 5.56 Å². The summed E-state index contributed by atoms with van der Waals surface area (Å²) in [4.78, 5) is 15.5. The number of oxazole rings is 1. The molecule has 2 aromatic heterocycles. The molecule has 0 unspecified atom stereocenters. The monoisotopic (exact) mass is 430 g/mol. The Balaban J connectivity index is 1.80. The van der Waals surface area contributed by atoms with Crippen LogP contribution in [0.1, 0.15) is 25.3 Å². The third kappa shape index (κ3) is 3.15. The standard InChI is InChI=1S/C25H24N3O2S/c1-4-27-20-12-8-9-13-21(20)30-22(27)16-23-28(5-2)25(29)24(31-23)18-14-15-26(3)19-11-7-6-10-17(18)19/h6-16H,4-5H2,1-3H3/q+1. The summed E-state index contributed by atoms with van der Waals surface area (Å²) in [7, 11) is 2.02. The Morgan fingerprint density at radius 1 is 1.10 bits per heavy atom. The summed E-state index contributed by atoms with van der Waals surface area (Å²) in [6, 6.07) is 16.2. The lowest BCUT2D eigenvalue weighted by Gasteiger charge is -2.23. The number of anilines is 1. The highest BCUT2D eigenvalue weighted by molar-refractivity contribution is 7.07. The normalized spacial score (nSPS) is 15.7. The fourth-order valence-corrected chi connectivity index (χ4v) is 5.34. The molecular formula is C25H24N3O2S+. The van der Waals surface area contributed by atoms with Crippen LogP contribution < -0.4 is 24.2 Å². The topological polar surface area (TPSA) is 42.3 Å². The lowest BCUT2D eigenvalue weighted by atomic mass is 10.0. The predicted octanol–water partition coefficient (Wildman–Crippen LogP) is 2.97. The van der Waals surface area contributed by atoms with Crippen LogP contribution in [0.4, 0.5) is 5.69 Å². The maximum Gasteiger partial charge on any atom is 0.377 e. The molecule has 31 heavy (non-hydrogen) atoms. The Labute approximate surface area is 184 Å².